The molecule has 0 aliphatic rings. The van der Waals surface area contributed by atoms with E-state index in [4.69, 9.17) is 5.11 Å². The number of hydrogen-bond donors (Lipinski definition) is 1. The largest absolute Gasteiger partial charge is 0 e. The average molecular weight is 189 g/mol. The van der Waals surface area contributed by atoms with Gasteiger partial charge in [0.1, 0.15) is 5.75 Å². The van der Waals surface area contributed by atoms with E-state index in [1.165, 1.54) is 0 Å². The Labute approximate surface area is 108 Å². The van der Waals surface area contributed by atoms with Gasteiger partial charge in [-0.15, -0.1) is 0 Å². The summed E-state index contributed by atoms with van der Waals surface area (Å²) in [6.45, 7) is 0. The van der Waals surface area contributed by atoms with Crippen LogP contribution in [0.3, 0.4) is 0 Å². The van der Waals surface area contributed by atoms with Gasteiger partial charge >= 0.3 is 51.4 Å². The Morgan fingerprint density at radius 2 is 1.44 bits per heavy atom. The standard InChI is InChI=1S/C6H6O.K.Mn.H/c7-6-4-2-1-3-5-6;;;/h1-5,7H;;;. The Hall–Kier alpha value is 1.18. The number of benzene rings is 1. The van der Waals surface area contributed by atoms with Crippen LogP contribution in [0.1, 0.15) is 0 Å². The van der Waals surface area contributed by atoms with Gasteiger partial charge in [-0.2, -0.15) is 0 Å². The van der Waals surface area contributed by atoms with Crippen LogP contribution in [0, 0.1) is 0 Å². The van der Waals surface area contributed by atoms with Crippen molar-refractivity contribution in [2.45, 2.75) is 0 Å². The Balaban J connectivity index is 0. The van der Waals surface area contributed by atoms with Crippen LogP contribution in [-0.2, 0) is 17.1 Å². The third-order valence-corrected chi connectivity index (χ3v) is 0.756. The zero-order valence-corrected chi connectivity index (χ0v) is 5.39. The summed E-state index contributed by atoms with van der Waals surface area (Å²) in [7, 11) is 0. The number of aromatic hydroxyl groups is 1. The van der Waals surface area contributed by atoms with Crippen molar-refractivity contribution >= 4 is 51.4 Å². The first-order valence-electron chi connectivity index (χ1n) is 2.13. The predicted molar refractivity (Wildman–Crippen MR) is 35.3 cm³/mol. The minimum atomic E-state index is 0. The Morgan fingerprint density at radius 1 is 1.00 bits per heavy atom. The number of phenols is 1. The molecule has 0 saturated heterocycles. The molecule has 1 nitrogen and oxygen atoms in total. The molecular formula is C6H7KMnO. The van der Waals surface area contributed by atoms with E-state index in [2.05, 4.69) is 0 Å². The fraction of sp³-hybridized carbons (Fsp3) is 0. The van der Waals surface area contributed by atoms with E-state index in [9.17, 15) is 0 Å². The Morgan fingerprint density at radius 3 is 1.67 bits per heavy atom. The van der Waals surface area contributed by atoms with Gasteiger partial charge in [0.2, 0.25) is 0 Å². The quantitative estimate of drug-likeness (QED) is 0.597. The van der Waals surface area contributed by atoms with Gasteiger partial charge in [-0.3, -0.25) is 0 Å². The van der Waals surface area contributed by atoms with E-state index in [0.29, 0.717) is 5.75 Å². The van der Waals surface area contributed by atoms with Gasteiger partial charge in [-0.25, -0.2) is 0 Å². The molecule has 0 aromatic heterocycles. The first-order chi connectivity index (χ1) is 3.39. The van der Waals surface area contributed by atoms with E-state index in [0.717, 1.165) is 0 Å². The third kappa shape index (κ3) is 5.61. The second kappa shape index (κ2) is 7.28. The summed E-state index contributed by atoms with van der Waals surface area (Å²) in [5.74, 6) is 0.322. The average Bonchev–Trinajstić information content (AvgIpc) is 1.69. The molecule has 0 bridgehead atoms. The van der Waals surface area contributed by atoms with Gasteiger partial charge in [0.25, 0.3) is 0 Å². The third-order valence-electron chi connectivity index (χ3n) is 0.756. The smallest absolute Gasteiger partial charge is 0 e. The maximum Gasteiger partial charge on any atom is 0 e. The minimum absolute atomic E-state index is 0. The van der Waals surface area contributed by atoms with Crippen LogP contribution in [0.2, 0.25) is 0 Å². The molecule has 1 aromatic carbocycles. The number of para-hydroxylation sites is 1. The van der Waals surface area contributed by atoms with E-state index >= 15 is 0 Å². The molecule has 0 fully saturated rings. The summed E-state index contributed by atoms with van der Waals surface area (Å²) < 4.78 is 0. The topological polar surface area (TPSA) is 20.2 Å². The second-order valence-corrected chi connectivity index (χ2v) is 1.34. The summed E-state index contributed by atoms with van der Waals surface area (Å²) in [6, 6.07) is 8.71. The molecule has 1 radical (unpaired) electrons. The Bertz CT molecular complexity index is 143. The van der Waals surface area contributed by atoms with E-state index < -0.39 is 0 Å². The molecule has 0 aliphatic carbocycles. The van der Waals surface area contributed by atoms with Gasteiger partial charge in [0, 0.05) is 17.1 Å². The molecule has 45 valence electrons. The molecule has 0 saturated carbocycles. The molecule has 0 atom stereocenters. The summed E-state index contributed by atoms with van der Waals surface area (Å²) in [5.41, 5.74) is 0. The van der Waals surface area contributed by atoms with Gasteiger partial charge < -0.3 is 5.11 Å². The molecule has 0 heterocycles. The zero-order chi connectivity index (χ0) is 5.11. The Kier molecular flexibility index (Phi) is 10.4. The molecule has 3 heteroatoms. The van der Waals surface area contributed by atoms with Crippen LogP contribution >= 0.6 is 0 Å². The molecule has 0 aliphatic heterocycles. The van der Waals surface area contributed by atoms with Crippen LogP contribution in [-0.4, -0.2) is 56.5 Å². The molecule has 0 amide bonds. The minimum Gasteiger partial charge on any atom is 0 e. The van der Waals surface area contributed by atoms with Crippen molar-refractivity contribution in [1.82, 2.24) is 0 Å². The molecule has 9 heavy (non-hydrogen) atoms. The fourth-order valence-electron chi connectivity index (χ4n) is 0.428. The summed E-state index contributed by atoms with van der Waals surface area (Å²) in [4.78, 5) is 0. The molecule has 0 unspecified atom stereocenters. The maximum absolute atomic E-state index is 8.63. The van der Waals surface area contributed by atoms with Crippen LogP contribution in [0.25, 0.3) is 0 Å². The van der Waals surface area contributed by atoms with Gasteiger partial charge in [-0.1, -0.05) is 18.2 Å². The zero-order valence-electron chi connectivity index (χ0n) is 4.21. The van der Waals surface area contributed by atoms with E-state index in [-0.39, 0.29) is 68.5 Å². The molecule has 1 aromatic rings. The number of hydrogen-bond acceptors (Lipinski definition) is 1. The van der Waals surface area contributed by atoms with Crippen molar-refractivity contribution in [3.63, 3.8) is 0 Å². The second-order valence-electron chi connectivity index (χ2n) is 1.34. The van der Waals surface area contributed by atoms with Crippen molar-refractivity contribution in [2.24, 2.45) is 0 Å². The van der Waals surface area contributed by atoms with Crippen molar-refractivity contribution in [2.75, 3.05) is 0 Å². The number of phenolic OH excluding ortho intramolecular Hbond substituents is 1. The molecule has 1 rings (SSSR count). The predicted octanol–water partition coefficient (Wildman–Crippen LogP) is 0.741. The monoisotopic (exact) mass is 189 g/mol. The summed E-state index contributed by atoms with van der Waals surface area (Å²) in [6.07, 6.45) is 0. The maximum atomic E-state index is 8.63. The summed E-state index contributed by atoms with van der Waals surface area (Å²) >= 11 is 0. The van der Waals surface area contributed by atoms with Crippen LogP contribution in [0.4, 0.5) is 0 Å². The molecule has 0 spiro atoms. The molecule has 1 N–H and O–H groups in total. The molecular weight excluding hydrogens is 182 g/mol. The van der Waals surface area contributed by atoms with Crippen molar-refractivity contribution in [3.05, 3.63) is 30.3 Å². The first-order valence-corrected chi connectivity index (χ1v) is 2.13. The van der Waals surface area contributed by atoms with Crippen molar-refractivity contribution in [1.29, 1.82) is 0 Å². The van der Waals surface area contributed by atoms with Crippen molar-refractivity contribution < 1.29 is 22.2 Å². The van der Waals surface area contributed by atoms with Gasteiger partial charge in [-0.05, 0) is 12.1 Å². The number of rotatable bonds is 0. The van der Waals surface area contributed by atoms with Crippen molar-refractivity contribution in [3.8, 4) is 5.75 Å². The van der Waals surface area contributed by atoms with Crippen LogP contribution in [0.5, 0.6) is 5.75 Å². The fourth-order valence-corrected chi connectivity index (χ4v) is 0.428. The van der Waals surface area contributed by atoms with E-state index in [1.54, 1.807) is 24.3 Å². The van der Waals surface area contributed by atoms with Crippen LogP contribution in [0.15, 0.2) is 30.3 Å². The van der Waals surface area contributed by atoms with Gasteiger partial charge in [0.05, 0.1) is 0 Å². The summed E-state index contributed by atoms with van der Waals surface area (Å²) in [5, 5.41) is 8.63. The SMILES string of the molecule is Oc1ccccc1.[KH].[Mn]. The van der Waals surface area contributed by atoms with E-state index in [1.807, 2.05) is 6.07 Å². The van der Waals surface area contributed by atoms with Gasteiger partial charge in [0.15, 0.2) is 0 Å². The first kappa shape index (κ1) is 12.8. The normalized spacial score (nSPS) is 6.67. The van der Waals surface area contributed by atoms with Crippen LogP contribution < -0.4 is 0 Å².